The second-order valence-electron chi connectivity index (χ2n) is 6.55. The van der Waals surface area contributed by atoms with Crippen molar-refractivity contribution in [2.75, 3.05) is 13.1 Å². The van der Waals surface area contributed by atoms with Gasteiger partial charge in [0, 0.05) is 32.4 Å². The smallest absolute Gasteiger partial charge is 0.407 e. The van der Waals surface area contributed by atoms with Crippen molar-refractivity contribution >= 4 is 22.9 Å². The van der Waals surface area contributed by atoms with Crippen LogP contribution in [0.1, 0.15) is 6.42 Å². The number of amides is 1. The molecule has 11 nitrogen and oxygen atoms in total. The Labute approximate surface area is 158 Å². The Hall–Kier alpha value is -3.76. The maximum absolute atomic E-state index is 11.1. The number of aromatic nitrogens is 7. The van der Waals surface area contributed by atoms with E-state index >= 15 is 0 Å². The lowest BCUT2D eigenvalue weighted by Crippen LogP contribution is -2.29. The van der Waals surface area contributed by atoms with E-state index in [1.54, 1.807) is 23.0 Å². The Morgan fingerprint density at radius 1 is 1.29 bits per heavy atom. The van der Waals surface area contributed by atoms with Crippen molar-refractivity contribution in [3.63, 3.8) is 0 Å². The minimum absolute atomic E-state index is 0.265. The lowest BCUT2D eigenvalue weighted by Gasteiger charge is -2.13. The van der Waals surface area contributed by atoms with E-state index in [-0.39, 0.29) is 6.10 Å². The van der Waals surface area contributed by atoms with Gasteiger partial charge in [-0.15, -0.1) is 0 Å². The fourth-order valence-electron chi connectivity index (χ4n) is 3.45. The molecule has 142 valence electrons. The van der Waals surface area contributed by atoms with Gasteiger partial charge in [-0.3, -0.25) is 0 Å². The Balaban J connectivity index is 1.55. The quantitative estimate of drug-likeness (QED) is 0.562. The summed E-state index contributed by atoms with van der Waals surface area (Å²) in [7, 11) is 1.86. The lowest BCUT2D eigenvalue weighted by atomic mass is 10.3. The third-order valence-corrected chi connectivity index (χ3v) is 4.84. The molecule has 0 unspecified atom stereocenters. The molecule has 4 aromatic rings. The average molecular weight is 380 g/mol. The molecule has 0 saturated carbocycles. The molecule has 1 fully saturated rings. The number of likely N-dealkylation sites (tertiary alicyclic amines) is 1. The number of hydrogen-bond donors (Lipinski definition) is 1. The van der Waals surface area contributed by atoms with Gasteiger partial charge in [0.05, 0.1) is 18.3 Å². The number of nitrogens with zero attached hydrogens (tertiary/aromatic N) is 8. The second-order valence-corrected chi connectivity index (χ2v) is 6.55. The molecule has 1 saturated heterocycles. The van der Waals surface area contributed by atoms with Crippen LogP contribution in [-0.2, 0) is 7.05 Å². The first-order valence-electron chi connectivity index (χ1n) is 8.72. The van der Waals surface area contributed by atoms with Crippen LogP contribution in [0.5, 0.6) is 5.88 Å². The zero-order valence-corrected chi connectivity index (χ0v) is 14.9. The normalized spacial score (nSPS) is 16.9. The highest BCUT2D eigenvalue weighted by Gasteiger charge is 2.29. The van der Waals surface area contributed by atoms with E-state index in [1.807, 2.05) is 17.8 Å². The van der Waals surface area contributed by atoms with Gasteiger partial charge < -0.3 is 19.3 Å². The maximum Gasteiger partial charge on any atom is 0.407 e. The Kier molecular flexibility index (Phi) is 3.60. The SMILES string of the molecule is Cn1c(-c2cnn3cccnc23)nc2c(O[C@H]3CCN(C(=O)O)C3)ncnc21. The molecule has 1 N–H and O–H groups in total. The standard InChI is InChI=1S/C17H16N8O3/c1-23-14(11-7-21-25-5-2-4-18-13(11)25)22-12-15(23)19-9-20-16(12)28-10-3-6-24(8-10)17(26)27/h2,4-5,7,9-10H,3,6,8H2,1H3,(H,26,27)/t10-/m0/s1. The van der Waals surface area contributed by atoms with Gasteiger partial charge in [-0.2, -0.15) is 10.1 Å². The average Bonchev–Trinajstić information content (AvgIpc) is 3.40. The summed E-state index contributed by atoms with van der Waals surface area (Å²) in [5, 5.41) is 13.4. The number of fused-ring (bicyclic) bond motifs is 2. The topological polar surface area (TPSA) is 124 Å². The Bertz CT molecular complexity index is 1200. The molecular weight excluding hydrogens is 364 g/mol. The van der Waals surface area contributed by atoms with E-state index in [9.17, 15) is 4.79 Å². The first kappa shape index (κ1) is 16.4. The highest BCUT2D eigenvalue weighted by molar-refractivity contribution is 5.84. The molecule has 1 atom stereocenters. The summed E-state index contributed by atoms with van der Waals surface area (Å²) in [6.07, 6.45) is 6.04. The van der Waals surface area contributed by atoms with E-state index in [2.05, 4.69) is 20.1 Å². The minimum Gasteiger partial charge on any atom is -0.471 e. The molecule has 4 aromatic heterocycles. The molecule has 1 amide bonds. The summed E-state index contributed by atoms with van der Waals surface area (Å²) < 4.78 is 9.49. The van der Waals surface area contributed by atoms with Crippen molar-refractivity contribution in [1.82, 2.24) is 39.0 Å². The van der Waals surface area contributed by atoms with E-state index in [4.69, 9.17) is 14.8 Å². The van der Waals surface area contributed by atoms with Gasteiger partial charge in [-0.05, 0) is 6.07 Å². The number of carbonyl (C=O) groups is 1. The number of rotatable bonds is 3. The molecule has 5 rings (SSSR count). The van der Waals surface area contributed by atoms with E-state index in [0.29, 0.717) is 48.0 Å². The van der Waals surface area contributed by atoms with Gasteiger partial charge in [0.1, 0.15) is 18.3 Å². The fraction of sp³-hybridized carbons (Fsp3) is 0.294. The molecule has 0 aliphatic carbocycles. The minimum atomic E-state index is -0.945. The van der Waals surface area contributed by atoms with Crippen molar-refractivity contribution in [2.24, 2.45) is 7.05 Å². The summed E-state index contributed by atoms with van der Waals surface area (Å²) in [6, 6.07) is 1.80. The van der Waals surface area contributed by atoms with Crippen LogP contribution in [0.15, 0.2) is 31.0 Å². The highest BCUT2D eigenvalue weighted by atomic mass is 16.5. The maximum atomic E-state index is 11.1. The molecule has 11 heteroatoms. The molecule has 0 radical (unpaired) electrons. The second kappa shape index (κ2) is 6.15. The molecule has 0 aromatic carbocycles. The van der Waals surface area contributed by atoms with Crippen LogP contribution >= 0.6 is 0 Å². The first-order valence-corrected chi connectivity index (χ1v) is 8.72. The van der Waals surface area contributed by atoms with Gasteiger partial charge in [-0.1, -0.05) is 0 Å². The van der Waals surface area contributed by atoms with E-state index in [0.717, 1.165) is 5.56 Å². The predicted octanol–water partition coefficient (Wildman–Crippen LogP) is 1.20. The third-order valence-electron chi connectivity index (χ3n) is 4.84. The third kappa shape index (κ3) is 2.51. The van der Waals surface area contributed by atoms with Crippen LogP contribution in [0.3, 0.4) is 0 Å². The monoisotopic (exact) mass is 380 g/mol. The largest absolute Gasteiger partial charge is 0.471 e. The van der Waals surface area contributed by atoms with Crippen LogP contribution < -0.4 is 4.74 Å². The van der Waals surface area contributed by atoms with Gasteiger partial charge >= 0.3 is 6.09 Å². The molecule has 1 aliphatic heterocycles. The van der Waals surface area contributed by atoms with Crippen LogP contribution in [0.2, 0.25) is 0 Å². The van der Waals surface area contributed by atoms with Gasteiger partial charge in [-0.25, -0.2) is 24.3 Å². The number of hydrogen-bond acceptors (Lipinski definition) is 7. The van der Waals surface area contributed by atoms with Crippen LogP contribution in [0.25, 0.3) is 28.2 Å². The molecule has 0 bridgehead atoms. The first-order chi connectivity index (χ1) is 13.6. The van der Waals surface area contributed by atoms with Crippen molar-refractivity contribution in [3.05, 3.63) is 31.0 Å². The summed E-state index contributed by atoms with van der Waals surface area (Å²) in [5.74, 6) is 0.987. The molecule has 1 aliphatic rings. The van der Waals surface area contributed by atoms with Crippen molar-refractivity contribution in [3.8, 4) is 17.3 Å². The van der Waals surface area contributed by atoms with Crippen molar-refractivity contribution < 1.29 is 14.6 Å². The Morgan fingerprint density at radius 3 is 3.00 bits per heavy atom. The lowest BCUT2D eigenvalue weighted by molar-refractivity contribution is 0.145. The van der Waals surface area contributed by atoms with E-state index < -0.39 is 6.09 Å². The molecule has 5 heterocycles. The zero-order chi connectivity index (χ0) is 19.3. The molecular formula is C17H16N8O3. The summed E-state index contributed by atoms with van der Waals surface area (Å²) >= 11 is 0. The van der Waals surface area contributed by atoms with Crippen LogP contribution in [-0.4, -0.2) is 69.4 Å². The van der Waals surface area contributed by atoms with Crippen LogP contribution in [0.4, 0.5) is 4.79 Å². The van der Waals surface area contributed by atoms with Gasteiger partial charge in [0.25, 0.3) is 0 Å². The number of imidazole rings is 1. The van der Waals surface area contributed by atoms with Crippen LogP contribution in [0, 0.1) is 0 Å². The molecule has 28 heavy (non-hydrogen) atoms. The predicted molar refractivity (Wildman–Crippen MR) is 96.9 cm³/mol. The fourth-order valence-corrected chi connectivity index (χ4v) is 3.45. The van der Waals surface area contributed by atoms with E-state index in [1.165, 1.54) is 11.2 Å². The van der Waals surface area contributed by atoms with Crippen molar-refractivity contribution in [1.29, 1.82) is 0 Å². The summed E-state index contributed by atoms with van der Waals surface area (Å²) in [6.45, 7) is 0.744. The Morgan fingerprint density at radius 2 is 2.18 bits per heavy atom. The molecule has 0 spiro atoms. The van der Waals surface area contributed by atoms with Gasteiger partial charge in [0.2, 0.25) is 5.88 Å². The van der Waals surface area contributed by atoms with Gasteiger partial charge in [0.15, 0.2) is 16.8 Å². The summed E-state index contributed by atoms with van der Waals surface area (Å²) in [4.78, 5) is 30.1. The highest BCUT2D eigenvalue weighted by Crippen LogP contribution is 2.29. The van der Waals surface area contributed by atoms with Crippen molar-refractivity contribution in [2.45, 2.75) is 12.5 Å². The number of carboxylic acid groups (broad SMARTS) is 1. The summed E-state index contributed by atoms with van der Waals surface area (Å²) in [5.41, 5.74) is 2.58. The zero-order valence-electron chi connectivity index (χ0n) is 14.9. The number of aryl methyl sites for hydroxylation is 1. The number of ether oxygens (including phenoxy) is 1.